The van der Waals surface area contributed by atoms with E-state index in [2.05, 4.69) is 48.1 Å². The maximum atomic E-state index is 13.4. The van der Waals surface area contributed by atoms with E-state index in [-0.39, 0.29) is 18.0 Å². The molecular weight excluding hydrogens is 370 g/mol. The van der Waals surface area contributed by atoms with Crippen molar-refractivity contribution in [1.82, 2.24) is 9.47 Å². The van der Waals surface area contributed by atoms with Gasteiger partial charge in [-0.2, -0.15) is 0 Å². The topological polar surface area (TPSA) is 37.3 Å². The Morgan fingerprint density at radius 2 is 1.89 bits per heavy atom. The summed E-state index contributed by atoms with van der Waals surface area (Å²) in [5, 5.41) is 3.73. The first kappa shape index (κ1) is 18.6. The highest BCUT2D eigenvalue weighted by molar-refractivity contribution is 6.31. The highest BCUT2D eigenvalue weighted by Crippen LogP contribution is 2.37. The van der Waals surface area contributed by atoms with Crippen molar-refractivity contribution in [2.75, 3.05) is 5.32 Å². The second-order valence-corrected chi connectivity index (χ2v) is 8.00. The summed E-state index contributed by atoms with van der Waals surface area (Å²) >= 11 is 6.24. The summed E-state index contributed by atoms with van der Waals surface area (Å²) in [5.41, 5.74) is 4.99. The minimum atomic E-state index is -0.117. The number of urea groups is 1. The second-order valence-electron chi connectivity index (χ2n) is 7.59. The van der Waals surface area contributed by atoms with Crippen LogP contribution in [0.2, 0.25) is 5.02 Å². The van der Waals surface area contributed by atoms with Gasteiger partial charge in [-0.15, -0.1) is 0 Å². The van der Waals surface area contributed by atoms with Gasteiger partial charge in [-0.3, -0.25) is 0 Å². The van der Waals surface area contributed by atoms with Crippen LogP contribution in [0.4, 0.5) is 10.5 Å². The lowest BCUT2D eigenvalue weighted by atomic mass is 9.99. The Kier molecular flexibility index (Phi) is 4.90. The Balaban J connectivity index is 1.77. The van der Waals surface area contributed by atoms with Gasteiger partial charge in [0.1, 0.15) is 0 Å². The standard InChI is InChI=1S/C23H24ClN3O/c1-15(2)22-21-12-7-13-26(21)20-11-5-4-8-17(20)14-27(22)23(28)25-19-10-6-9-18(24)16(19)3/h4-13,15,22H,14H2,1-3H3,(H,25,28)/t22-/m0/s1. The SMILES string of the molecule is Cc1c(Cl)cccc1NC(=O)N1Cc2ccccc2-n2cccc2[C@@H]1C(C)C. The molecule has 2 aromatic carbocycles. The zero-order valence-electron chi connectivity index (χ0n) is 16.3. The third-order valence-electron chi connectivity index (χ3n) is 5.41. The van der Waals surface area contributed by atoms with Crippen molar-refractivity contribution in [1.29, 1.82) is 0 Å². The second kappa shape index (κ2) is 7.36. The van der Waals surface area contributed by atoms with E-state index >= 15 is 0 Å². The van der Waals surface area contributed by atoms with E-state index in [1.54, 1.807) is 0 Å². The molecule has 28 heavy (non-hydrogen) atoms. The van der Waals surface area contributed by atoms with E-state index in [9.17, 15) is 4.79 Å². The summed E-state index contributed by atoms with van der Waals surface area (Å²) in [6.45, 7) is 6.78. The highest BCUT2D eigenvalue weighted by atomic mass is 35.5. The van der Waals surface area contributed by atoms with Crippen LogP contribution in [0.15, 0.2) is 60.8 Å². The van der Waals surface area contributed by atoms with Gasteiger partial charge >= 0.3 is 6.03 Å². The molecule has 1 aliphatic rings. The number of fused-ring (bicyclic) bond motifs is 3. The maximum absolute atomic E-state index is 13.4. The van der Waals surface area contributed by atoms with Gasteiger partial charge in [-0.1, -0.05) is 49.7 Å². The highest BCUT2D eigenvalue weighted by Gasteiger charge is 2.33. The number of hydrogen-bond acceptors (Lipinski definition) is 1. The number of hydrogen-bond donors (Lipinski definition) is 1. The quantitative estimate of drug-likeness (QED) is 0.554. The fourth-order valence-electron chi connectivity index (χ4n) is 4.01. The summed E-state index contributed by atoms with van der Waals surface area (Å²) < 4.78 is 2.21. The third-order valence-corrected chi connectivity index (χ3v) is 5.82. The van der Waals surface area contributed by atoms with Crippen LogP contribution in [-0.2, 0) is 6.54 Å². The number of carbonyl (C=O) groups is 1. The van der Waals surface area contributed by atoms with Crippen LogP contribution in [0.3, 0.4) is 0 Å². The van der Waals surface area contributed by atoms with E-state index in [1.807, 2.05) is 48.2 Å². The first-order valence-corrected chi connectivity index (χ1v) is 9.93. The van der Waals surface area contributed by atoms with Crippen molar-refractivity contribution >= 4 is 23.3 Å². The predicted molar refractivity (Wildman–Crippen MR) is 114 cm³/mol. The Morgan fingerprint density at radius 3 is 2.68 bits per heavy atom. The Labute approximate surface area is 170 Å². The Hall–Kier alpha value is -2.72. The number of carbonyl (C=O) groups excluding carboxylic acids is 1. The van der Waals surface area contributed by atoms with E-state index in [0.717, 1.165) is 28.2 Å². The van der Waals surface area contributed by atoms with Crippen molar-refractivity contribution in [2.24, 2.45) is 5.92 Å². The zero-order valence-corrected chi connectivity index (χ0v) is 17.1. The number of halogens is 1. The molecule has 3 aromatic rings. The molecule has 0 saturated carbocycles. The summed E-state index contributed by atoms with van der Waals surface area (Å²) in [4.78, 5) is 15.3. The number of benzene rings is 2. The molecular formula is C23H24ClN3O. The minimum absolute atomic E-state index is 0.0399. The molecule has 0 fully saturated rings. The third kappa shape index (κ3) is 3.18. The fraction of sp³-hybridized carbons (Fsp3) is 0.261. The van der Waals surface area contributed by atoms with Gasteiger partial charge in [0.25, 0.3) is 0 Å². The molecule has 4 rings (SSSR count). The number of rotatable bonds is 2. The maximum Gasteiger partial charge on any atom is 0.322 e. The number of aromatic nitrogens is 1. The molecule has 5 heteroatoms. The van der Waals surface area contributed by atoms with Gasteiger partial charge < -0.3 is 14.8 Å². The summed E-state index contributed by atoms with van der Waals surface area (Å²) in [6, 6.07) is 17.8. The van der Waals surface area contributed by atoms with Crippen molar-refractivity contribution in [3.8, 4) is 5.69 Å². The summed E-state index contributed by atoms with van der Waals surface area (Å²) in [6.07, 6.45) is 2.08. The molecule has 0 radical (unpaired) electrons. The molecule has 2 heterocycles. The van der Waals surface area contributed by atoms with Crippen LogP contribution in [-0.4, -0.2) is 15.5 Å². The normalized spacial score (nSPS) is 15.8. The van der Waals surface area contributed by atoms with Crippen molar-refractivity contribution in [3.63, 3.8) is 0 Å². The number of para-hydroxylation sites is 1. The largest absolute Gasteiger partial charge is 0.322 e. The molecule has 0 saturated heterocycles. The van der Waals surface area contributed by atoms with Crippen LogP contribution in [0.25, 0.3) is 5.69 Å². The van der Waals surface area contributed by atoms with Gasteiger partial charge in [0, 0.05) is 22.6 Å². The number of anilines is 1. The van der Waals surface area contributed by atoms with Gasteiger partial charge in [0.15, 0.2) is 0 Å². The van der Waals surface area contributed by atoms with E-state index < -0.39 is 0 Å². The lowest BCUT2D eigenvalue weighted by molar-refractivity contribution is 0.162. The smallest absolute Gasteiger partial charge is 0.318 e. The fourth-order valence-corrected chi connectivity index (χ4v) is 4.18. The molecule has 144 valence electrons. The number of amides is 2. The molecule has 4 nitrogen and oxygen atoms in total. The van der Waals surface area contributed by atoms with Crippen LogP contribution in [0.5, 0.6) is 0 Å². The first-order chi connectivity index (χ1) is 13.5. The van der Waals surface area contributed by atoms with Crippen molar-refractivity contribution in [3.05, 3.63) is 82.6 Å². The number of nitrogens with one attached hydrogen (secondary N) is 1. The molecule has 0 bridgehead atoms. The van der Waals surface area contributed by atoms with E-state index in [4.69, 9.17) is 11.6 Å². The van der Waals surface area contributed by atoms with E-state index in [1.165, 1.54) is 0 Å². The van der Waals surface area contributed by atoms with Gasteiger partial charge in [0.05, 0.1) is 18.3 Å². The lowest BCUT2D eigenvalue weighted by Crippen LogP contribution is -2.39. The van der Waals surface area contributed by atoms with Gasteiger partial charge in [-0.05, 0) is 54.3 Å². The average molecular weight is 394 g/mol. The monoisotopic (exact) mass is 393 g/mol. The first-order valence-electron chi connectivity index (χ1n) is 9.55. The summed E-state index contributed by atoms with van der Waals surface area (Å²) in [7, 11) is 0. The molecule has 1 N–H and O–H groups in total. The summed E-state index contributed by atoms with van der Waals surface area (Å²) in [5.74, 6) is 0.258. The molecule has 2 amide bonds. The zero-order chi connectivity index (χ0) is 19.8. The molecule has 0 aliphatic carbocycles. The predicted octanol–water partition coefficient (Wildman–Crippen LogP) is 6.18. The van der Waals surface area contributed by atoms with Crippen molar-refractivity contribution in [2.45, 2.75) is 33.4 Å². The molecule has 0 unspecified atom stereocenters. The van der Waals surface area contributed by atoms with Crippen LogP contribution >= 0.6 is 11.6 Å². The van der Waals surface area contributed by atoms with E-state index in [0.29, 0.717) is 11.6 Å². The van der Waals surface area contributed by atoms with Crippen LogP contribution < -0.4 is 5.32 Å². The average Bonchev–Trinajstić information content (AvgIpc) is 3.09. The Bertz CT molecular complexity index is 1020. The van der Waals surface area contributed by atoms with Crippen LogP contribution in [0.1, 0.15) is 36.7 Å². The van der Waals surface area contributed by atoms with Crippen molar-refractivity contribution < 1.29 is 4.79 Å². The lowest BCUT2D eigenvalue weighted by Gasteiger charge is -2.33. The molecule has 1 aliphatic heterocycles. The Morgan fingerprint density at radius 1 is 1.11 bits per heavy atom. The molecule has 1 atom stereocenters. The van der Waals surface area contributed by atoms with Crippen LogP contribution in [0, 0.1) is 12.8 Å². The van der Waals surface area contributed by atoms with Gasteiger partial charge in [-0.25, -0.2) is 4.79 Å². The van der Waals surface area contributed by atoms with Gasteiger partial charge in [0.2, 0.25) is 0 Å². The molecule has 1 aromatic heterocycles. The minimum Gasteiger partial charge on any atom is -0.318 e. The molecule has 0 spiro atoms. The number of nitrogens with zero attached hydrogens (tertiary/aromatic N) is 2.